The molecule has 2 aliphatic carbocycles. The molecule has 0 saturated heterocycles. The Balaban J connectivity index is 1.54. The van der Waals surface area contributed by atoms with Crippen molar-refractivity contribution in [1.82, 2.24) is 0 Å². The van der Waals surface area contributed by atoms with Gasteiger partial charge in [0.15, 0.2) is 11.6 Å². The predicted octanol–water partition coefficient (Wildman–Crippen LogP) is 5.85. The summed E-state index contributed by atoms with van der Waals surface area (Å²) >= 11 is 0. The number of Topliss-reactive ketones (excluding diaryl/α,β-unsaturated/α-hetero) is 2. The van der Waals surface area contributed by atoms with Crippen LogP contribution in [0.25, 0.3) is 0 Å². The molecule has 0 aliphatic heterocycles. The molecule has 1 saturated carbocycles. The molecule has 2 aromatic rings. The monoisotopic (exact) mass is 436 g/mol. The average molecular weight is 436 g/mol. The van der Waals surface area contributed by atoms with Crippen molar-refractivity contribution in [3.63, 3.8) is 0 Å². The molecule has 0 spiro atoms. The molecule has 2 aliphatic rings. The fourth-order valence-corrected chi connectivity index (χ4v) is 4.30. The van der Waals surface area contributed by atoms with Crippen molar-refractivity contribution in [2.75, 3.05) is 0 Å². The molecule has 6 heteroatoms. The van der Waals surface area contributed by atoms with Gasteiger partial charge in [0.1, 0.15) is 34.4 Å². The van der Waals surface area contributed by atoms with E-state index in [0.717, 1.165) is 11.1 Å². The van der Waals surface area contributed by atoms with Crippen LogP contribution in [0.3, 0.4) is 0 Å². The van der Waals surface area contributed by atoms with E-state index in [1.807, 2.05) is 19.1 Å². The smallest absolute Gasteiger partial charge is 0.183 e. The molecule has 0 aromatic heterocycles. The van der Waals surface area contributed by atoms with Crippen molar-refractivity contribution in [1.29, 1.82) is 0 Å². The van der Waals surface area contributed by atoms with Gasteiger partial charge in [0.2, 0.25) is 0 Å². The fraction of sp³-hybridized carbons (Fsp3) is 0.308. The Kier molecular flexibility index (Phi) is 5.19. The number of halogens is 1. The Bertz CT molecular complexity index is 1190. The molecule has 0 bridgehead atoms. The maximum atomic E-state index is 13.2. The van der Waals surface area contributed by atoms with Crippen LogP contribution in [-0.2, 0) is 9.59 Å². The first-order valence-corrected chi connectivity index (χ1v) is 10.5. The summed E-state index contributed by atoms with van der Waals surface area (Å²) in [4.78, 5) is 26.0. The van der Waals surface area contributed by atoms with Crippen LogP contribution in [0.4, 0.5) is 4.39 Å². The lowest BCUT2D eigenvalue weighted by atomic mass is 9.74. The van der Waals surface area contributed by atoms with Gasteiger partial charge in [-0.2, -0.15) is 0 Å². The van der Waals surface area contributed by atoms with Gasteiger partial charge < -0.3 is 14.9 Å². The number of ketones is 2. The molecule has 2 atom stereocenters. The molecular formula is C26H25FO5. The SMILES string of the molecule is CC1=C(O)C(C)(C)C(=O)C(C(=O)C2C[C@H]2c2ccc(Oc3ccc(F)cc3)cc2C)=C1O. The Morgan fingerprint density at radius 2 is 1.69 bits per heavy atom. The van der Waals surface area contributed by atoms with Crippen molar-refractivity contribution in [2.45, 2.75) is 40.0 Å². The maximum Gasteiger partial charge on any atom is 0.183 e. The number of benzene rings is 2. The molecule has 1 unspecified atom stereocenters. The van der Waals surface area contributed by atoms with E-state index in [2.05, 4.69) is 0 Å². The van der Waals surface area contributed by atoms with E-state index in [0.29, 0.717) is 17.9 Å². The molecule has 2 N–H and O–H groups in total. The summed E-state index contributed by atoms with van der Waals surface area (Å²) in [6.45, 7) is 6.51. The second-order valence-corrected chi connectivity index (χ2v) is 9.04. The van der Waals surface area contributed by atoms with Crippen LogP contribution in [-0.4, -0.2) is 21.8 Å². The Labute approximate surface area is 185 Å². The lowest BCUT2D eigenvalue weighted by Gasteiger charge is -2.29. The third-order valence-corrected chi connectivity index (χ3v) is 6.40. The topological polar surface area (TPSA) is 83.8 Å². The second kappa shape index (κ2) is 7.62. The van der Waals surface area contributed by atoms with E-state index in [9.17, 15) is 24.2 Å². The zero-order valence-corrected chi connectivity index (χ0v) is 18.4. The van der Waals surface area contributed by atoms with Crippen molar-refractivity contribution < 1.29 is 28.9 Å². The Morgan fingerprint density at radius 1 is 1.06 bits per heavy atom. The molecule has 4 rings (SSSR count). The molecule has 1 fully saturated rings. The summed E-state index contributed by atoms with van der Waals surface area (Å²) in [6, 6.07) is 11.3. The minimum Gasteiger partial charge on any atom is -0.511 e. The van der Waals surface area contributed by atoms with Gasteiger partial charge >= 0.3 is 0 Å². The number of aryl methyl sites for hydroxylation is 1. The van der Waals surface area contributed by atoms with Crippen LogP contribution in [0.5, 0.6) is 11.5 Å². The Hall–Kier alpha value is -3.41. The average Bonchev–Trinajstić information content (AvgIpc) is 3.54. The van der Waals surface area contributed by atoms with Crippen LogP contribution in [0.1, 0.15) is 44.2 Å². The summed E-state index contributed by atoms with van der Waals surface area (Å²) in [5, 5.41) is 20.7. The summed E-state index contributed by atoms with van der Waals surface area (Å²) in [5.41, 5.74) is 0.612. The highest BCUT2D eigenvalue weighted by Gasteiger charge is 2.51. The summed E-state index contributed by atoms with van der Waals surface area (Å²) < 4.78 is 18.8. The molecule has 5 nitrogen and oxygen atoms in total. The first kappa shape index (κ1) is 21.8. The van der Waals surface area contributed by atoms with E-state index >= 15 is 0 Å². The van der Waals surface area contributed by atoms with Gasteiger partial charge in [0.05, 0.1) is 5.41 Å². The summed E-state index contributed by atoms with van der Waals surface area (Å²) in [7, 11) is 0. The largest absolute Gasteiger partial charge is 0.511 e. The van der Waals surface area contributed by atoms with Gasteiger partial charge in [-0.15, -0.1) is 0 Å². The number of carbonyl (C=O) groups is 2. The van der Waals surface area contributed by atoms with Gasteiger partial charge in [-0.25, -0.2) is 4.39 Å². The number of aliphatic hydroxyl groups excluding tert-OH is 2. The highest BCUT2D eigenvalue weighted by molar-refractivity contribution is 6.25. The molecular weight excluding hydrogens is 411 g/mol. The van der Waals surface area contributed by atoms with E-state index < -0.39 is 22.9 Å². The van der Waals surface area contributed by atoms with Crippen LogP contribution in [0.15, 0.2) is 65.1 Å². The van der Waals surface area contributed by atoms with E-state index in [4.69, 9.17) is 4.74 Å². The van der Waals surface area contributed by atoms with Gasteiger partial charge in [-0.05, 0) is 87.6 Å². The Morgan fingerprint density at radius 3 is 2.31 bits per heavy atom. The molecule has 0 amide bonds. The highest BCUT2D eigenvalue weighted by atomic mass is 19.1. The molecule has 0 heterocycles. The normalized spacial score (nSPS) is 22.2. The maximum absolute atomic E-state index is 13.2. The summed E-state index contributed by atoms with van der Waals surface area (Å²) in [5.74, 6) is -1.26. The van der Waals surface area contributed by atoms with Gasteiger partial charge in [-0.3, -0.25) is 9.59 Å². The number of ether oxygens (including phenoxy) is 1. The van der Waals surface area contributed by atoms with Crippen LogP contribution < -0.4 is 4.74 Å². The van der Waals surface area contributed by atoms with Crippen LogP contribution >= 0.6 is 0 Å². The lowest BCUT2D eigenvalue weighted by molar-refractivity contribution is -0.127. The number of rotatable bonds is 5. The van der Waals surface area contributed by atoms with E-state index in [-0.39, 0.29) is 34.4 Å². The molecule has 0 radical (unpaired) electrons. The number of hydrogen-bond acceptors (Lipinski definition) is 5. The van der Waals surface area contributed by atoms with E-state index in [1.54, 1.807) is 32.0 Å². The number of aliphatic hydroxyl groups is 2. The van der Waals surface area contributed by atoms with Gasteiger partial charge in [0.25, 0.3) is 0 Å². The molecule has 32 heavy (non-hydrogen) atoms. The van der Waals surface area contributed by atoms with Crippen molar-refractivity contribution >= 4 is 11.6 Å². The highest BCUT2D eigenvalue weighted by Crippen LogP contribution is 2.52. The van der Waals surface area contributed by atoms with Crippen LogP contribution in [0, 0.1) is 24.1 Å². The van der Waals surface area contributed by atoms with E-state index in [1.165, 1.54) is 19.1 Å². The lowest BCUT2D eigenvalue weighted by Crippen LogP contribution is -2.36. The number of allylic oxidation sites excluding steroid dienone is 3. The first-order chi connectivity index (χ1) is 15.0. The standard InChI is InChI=1S/C26H25FO5/c1-13-11-17(32-16-7-5-15(27)6-8-16)9-10-18(13)19-12-20(19)23(29)21-22(28)14(2)24(30)26(3,4)25(21)31/h5-11,19-20,28,30H,12H2,1-4H3/t19-,20?/m0/s1. The quantitative estimate of drug-likeness (QED) is 0.574. The first-order valence-electron chi connectivity index (χ1n) is 10.5. The fourth-order valence-electron chi connectivity index (χ4n) is 4.30. The minimum atomic E-state index is -1.25. The molecule has 2 aromatic carbocycles. The zero-order valence-electron chi connectivity index (χ0n) is 18.4. The minimum absolute atomic E-state index is 0.0570. The predicted molar refractivity (Wildman–Crippen MR) is 117 cm³/mol. The third kappa shape index (κ3) is 3.60. The van der Waals surface area contributed by atoms with Gasteiger partial charge in [0, 0.05) is 11.5 Å². The van der Waals surface area contributed by atoms with Crippen molar-refractivity contribution in [2.24, 2.45) is 11.3 Å². The van der Waals surface area contributed by atoms with Crippen molar-refractivity contribution in [3.8, 4) is 11.5 Å². The van der Waals surface area contributed by atoms with Crippen LogP contribution in [0.2, 0.25) is 0 Å². The number of carbonyl (C=O) groups excluding carboxylic acids is 2. The third-order valence-electron chi connectivity index (χ3n) is 6.40. The van der Waals surface area contributed by atoms with Crippen molar-refractivity contribution in [3.05, 3.63) is 82.1 Å². The molecule has 166 valence electrons. The second-order valence-electron chi connectivity index (χ2n) is 9.04. The summed E-state index contributed by atoms with van der Waals surface area (Å²) in [6.07, 6.45) is 0.580. The zero-order chi connectivity index (χ0) is 23.4. The number of hydrogen-bond donors (Lipinski definition) is 2. The van der Waals surface area contributed by atoms with Gasteiger partial charge in [-0.1, -0.05) is 6.07 Å².